The van der Waals surface area contributed by atoms with E-state index in [9.17, 15) is 43.2 Å². The SMILES string of the molecule is C=CC(=O)OCC(C)(C)C(=O)C(=O)N1CCCC[C@H]1C(=O)O[C@H](CCc1ccc(OC)c(OC)c1)c1cc(F)cc(OCC(=O)N(C)[C@@H](C)C(=O)N[C@@H](C(=O)N(C)[C@@H](COC(C)(C)C)C(=O)N2CCC[C@H]2C(=O)N(C)CCC)c2ccccc2)c1. The highest BCUT2D eigenvalue weighted by atomic mass is 19.1. The van der Waals surface area contributed by atoms with Gasteiger partial charge >= 0.3 is 11.9 Å². The van der Waals surface area contributed by atoms with Crippen LogP contribution in [0.2, 0.25) is 0 Å². The van der Waals surface area contributed by atoms with Gasteiger partial charge in [0, 0.05) is 52.9 Å². The van der Waals surface area contributed by atoms with Crippen LogP contribution in [0.25, 0.3) is 0 Å². The number of hydrogen-bond donors (Lipinski definition) is 1. The van der Waals surface area contributed by atoms with Crippen molar-refractivity contribution in [2.45, 2.75) is 142 Å². The van der Waals surface area contributed by atoms with Gasteiger partial charge in [0.2, 0.25) is 29.4 Å². The molecule has 0 aliphatic carbocycles. The van der Waals surface area contributed by atoms with E-state index < -0.39 is 114 Å². The van der Waals surface area contributed by atoms with E-state index >= 15 is 4.39 Å². The number of halogens is 1. The number of rotatable bonds is 28. The van der Waals surface area contributed by atoms with Crippen LogP contribution in [0.5, 0.6) is 17.2 Å². The summed E-state index contributed by atoms with van der Waals surface area (Å²) in [6.45, 7) is 14.6. The lowest BCUT2D eigenvalue weighted by Crippen LogP contribution is -2.58. The summed E-state index contributed by atoms with van der Waals surface area (Å²) in [5.41, 5.74) is -0.903. The number of hydrogen-bond acceptors (Lipinski definition) is 15. The molecule has 0 saturated carbocycles. The smallest absolute Gasteiger partial charge is 0.330 e. The predicted octanol–water partition coefficient (Wildman–Crippen LogP) is 6.35. The molecule has 85 heavy (non-hydrogen) atoms. The van der Waals surface area contributed by atoms with Crippen LogP contribution in [-0.4, -0.2) is 182 Å². The number of piperidine rings is 1. The number of aryl methyl sites for hydroxylation is 1. The van der Waals surface area contributed by atoms with Crippen LogP contribution in [0, 0.1) is 11.2 Å². The summed E-state index contributed by atoms with van der Waals surface area (Å²) < 4.78 is 50.0. The summed E-state index contributed by atoms with van der Waals surface area (Å²) in [6.07, 6.45) is 3.04. The number of carbonyl (C=O) groups is 9. The third kappa shape index (κ3) is 18.3. The highest BCUT2D eigenvalue weighted by molar-refractivity contribution is 6.38. The van der Waals surface area contributed by atoms with E-state index in [1.165, 1.54) is 65.0 Å². The van der Waals surface area contributed by atoms with Gasteiger partial charge in [-0.1, -0.05) is 49.9 Å². The average Bonchev–Trinajstić information content (AvgIpc) is 4.26. The number of carbonyl (C=O) groups excluding carboxylic acids is 9. The minimum atomic E-state index is -1.45. The van der Waals surface area contributed by atoms with Crippen molar-refractivity contribution in [1.82, 2.24) is 29.8 Å². The van der Waals surface area contributed by atoms with Gasteiger partial charge in [0.25, 0.3) is 11.8 Å². The number of ether oxygens (including phenoxy) is 6. The van der Waals surface area contributed by atoms with Crippen molar-refractivity contribution in [1.29, 1.82) is 0 Å². The Balaban J connectivity index is 1.36. The minimum Gasteiger partial charge on any atom is -0.493 e. The van der Waals surface area contributed by atoms with Gasteiger partial charge in [-0.25, -0.2) is 14.0 Å². The molecule has 6 atom stereocenters. The van der Waals surface area contributed by atoms with E-state index in [1.54, 1.807) is 60.5 Å². The molecule has 3 aromatic carbocycles. The van der Waals surface area contributed by atoms with Gasteiger partial charge in [-0.05, 0) is 134 Å². The zero-order chi connectivity index (χ0) is 62.9. The quantitative estimate of drug-likeness (QED) is 0.0474. The maximum Gasteiger partial charge on any atom is 0.330 e. The number of benzene rings is 3. The number of ketones is 1. The van der Waals surface area contributed by atoms with Crippen LogP contribution in [-0.2, 0) is 63.8 Å². The fourth-order valence-corrected chi connectivity index (χ4v) is 9.96. The fraction of sp³-hybridized carbons (Fsp3) is 0.540. The van der Waals surface area contributed by atoms with Gasteiger partial charge < -0.3 is 58.2 Å². The number of esters is 2. The highest BCUT2D eigenvalue weighted by Gasteiger charge is 2.44. The van der Waals surface area contributed by atoms with Crippen molar-refractivity contribution in [2.75, 3.05) is 74.8 Å². The summed E-state index contributed by atoms with van der Waals surface area (Å²) in [4.78, 5) is 131. The van der Waals surface area contributed by atoms with Crippen molar-refractivity contribution in [3.8, 4) is 17.2 Å². The van der Waals surface area contributed by atoms with Crippen LogP contribution in [0.15, 0.2) is 79.4 Å². The number of amides is 6. The van der Waals surface area contributed by atoms with Crippen LogP contribution >= 0.6 is 0 Å². The van der Waals surface area contributed by atoms with Crippen molar-refractivity contribution < 1.29 is 76.0 Å². The van der Waals surface area contributed by atoms with Gasteiger partial charge in [-0.15, -0.1) is 0 Å². The lowest BCUT2D eigenvalue weighted by molar-refractivity contribution is -0.165. The predicted molar refractivity (Wildman–Crippen MR) is 312 cm³/mol. The topological polar surface area (TPSA) is 237 Å². The molecule has 0 spiro atoms. The Morgan fingerprint density at radius 2 is 1.48 bits per heavy atom. The molecule has 0 radical (unpaired) electrons. The van der Waals surface area contributed by atoms with Crippen molar-refractivity contribution >= 4 is 53.2 Å². The van der Waals surface area contributed by atoms with E-state index in [2.05, 4.69) is 11.9 Å². The van der Waals surface area contributed by atoms with Crippen LogP contribution in [0.1, 0.15) is 122 Å². The summed E-state index contributed by atoms with van der Waals surface area (Å²) in [5, 5.41) is 2.80. The van der Waals surface area contributed by atoms with Gasteiger partial charge in [0.15, 0.2) is 18.1 Å². The number of nitrogens with one attached hydrogen (secondary N) is 1. The molecule has 1 N–H and O–H groups in total. The van der Waals surface area contributed by atoms with Crippen LogP contribution in [0.4, 0.5) is 4.39 Å². The van der Waals surface area contributed by atoms with Crippen LogP contribution < -0.4 is 19.5 Å². The highest BCUT2D eigenvalue weighted by Crippen LogP contribution is 2.34. The molecule has 21 nitrogen and oxygen atoms in total. The van der Waals surface area contributed by atoms with E-state index in [0.717, 1.165) is 40.0 Å². The first-order chi connectivity index (χ1) is 40.2. The zero-order valence-corrected chi connectivity index (χ0v) is 51.2. The van der Waals surface area contributed by atoms with Gasteiger partial charge in [0.05, 0.1) is 31.8 Å². The molecule has 2 saturated heterocycles. The van der Waals surface area contributed by atoms with Gasteiger partial charge in [-0.2, -0.15) is 0 Å². The summed E-state index contributed by atoms with van der Waals surface area (Å²) in [7, 11) is 7.48. The van der Waals surface area contributed by atoms with E-state index in [-0.39, 0.29) is 49.6 Å². The first-order valence-corrected chi connectivity index (χ1v) is 28.7. The molecule has 22 heteroatoms. The normalized spacial score (nSPS) is 16.6. The Hall–Kier alpha value is -7.88. The van der Waals surface area contributed by atoms with Crippen LogP contribution in [0.3, 0.4) is 0 Å². The third-order valence-corrected chi connectivity index (χ3v) is 15.2. The number of likely N-dealkylation sites (N-methyl/N-ethyl adjacent to an activating group) is 3. The molecule has 6 amide bonds. The zero-order valence-electron chi connectivity index (χ0n) is 51.2. The molecule has 2 aliphatic rings. The van der Waals surface area contributed by atoms with Crippen molar-refractivity contribution in [3.05, 3.63) is 102 Å². The Bertz CT molecular complexity index is 2880. The first-order valence-electron chi connectivity index (χ1n) is 28.7. The second kappa shape index (κ2) is 30.8. The van der Waals surface area contributed by atoms with Gasteiger partial charge in [0.1, 0.15) is 54.5 Å². The number of Topliss-reactive ketones (excluding diaryl/α,β-unsaturated/α-hetero) is 1. The monoisotopic (exact) mass is 1180 g/mol. The van der Waals surface area contributed by atoms with Crippen molar-refractivity contribution in [2.24, 2.45) is 5.41 Å². The Morgan fingerprint density at radius 3 is 2.13 bits per heavy atom. The standard InChI is InChI=1S/C63H85FN6O15/c1-14-30-66(9)57(75)46-25-21-32-69(46)58(76)48(37-84-62(4,5)6)68(11)59(77)54(42-22-17-16-18-23-42)65-56(74)40(3)67(10)52(71)38-82-45-35-43(34-44(64)36-45)49(28-26-41-27-29-50(80-12)51(33-41)81-13)85-61(79)47-24-19-20-31-70(47)60(78)55(73)63(7,8)39-83-53(72)15-2/h15-18,22-23,27,29,33-36,40,46-49,54H,2,14,19-21,24-26,28,30-32,37-39H2,1,3-13H3,(H,65,74)/t40-,46-,47-,48-,49+,54+/m0/s1. The van der Waals surface area contributed by atoms with E-state index in [4.69, 9.17) is 28.4 Å². The second-order valence-corrected chi connectivity index (χ2v) is 23.1. The summed E-state index contributed by atoms with van der Waals surface area (Å²) in [5.74, 6) is -6.28. The molecule has 3 aromatic rings. The maximum atomic E-state index is 15.8. The number of nitrogens with zero attached hydrogens (tertiary/aromatic N) is 5. The van der Waals surface area contributed by atoms with Gasteiger partial charge in [-0.3, -0.25) is 33.6 Å². The molecule has 464 valence electrons. The van der Waals surface area contributed by atoms with E-state index in [1.807, 2.05) is 27.7 Å². The number of likely N-dealkylation sites (tertiary alicyclic amines) is 2. The maximum absolute atomic E-state index is 15.8. The molecule has 5 rings (SSSR count). The Kier molecular flexibility index (Phi) is 24.6. The Labute approximate surface area is 498 Å². The minimum absolute atomic E-state index is 0.0607. The average molecular weight is 1190 g/mol. The second-order valence-electron chi connectivity index (χ2n) is 23.1. The molecule has 0 unspecified atom stereocenters. The molecule has 0 aromatic heterocycles. The fourth-order valence-electron chi connectivity index (χ4n) is 9.96. The largest absolute Gasteiger partial charge is 0.493 e. The summed E-state index contributed by atoms with van der Waals surface area (Å²) in [6, 6.07) is 11.5. The molecule has 0 bridgehead atoms. The number of methoxy groups -OCH3 is 2. The summed E-state index contributed by atoms with van der Waals surface area (Å²) >= 11 is 0. The molecular formula is C63H85FN6O15. The molecule has 2 heterocycles. The van der Waals surface area contributed by atoms with E-state index in [0.29, 0.717) is 55.8 Å². The van der Waals surface area contributed by atoms with Crippen molar-refractivity contribution in [3.63, 3.8) is 0 Å². The molecule has 2 aliphatic heterocycles. The lowest BCUT2D eigenvalue weighted by atomic mass is 9.87. The first kappa shape index (κ1) is 67.9. The molecular weight excluding hydrogens is 1100 g/mol. The Morgan fingerprint density at radius 1 is 0.812 bits per heavy atom. The third-order valence-electron chi connectivity index (χ3n) is 15.2. The molecule has 2 fully saturated rings. The lowest BCUT2D eigenvalue weighted by Gasteiger charge is -2.37.